The van der Waals surface area contributed by atoms with Crippen molar-refractivity contribution in [1.82, 2.24) is 9.66 Å². The Kier molecular flexibility index (Phi) is 6.63. The monoisotopic (exact) mass is 481 g/mol. The molecule has 0 saturated heterocycles. The van der Waals surface area contributed by atoms with Crippen LogP contribution in [0.5, 0.6) is 5.75 Å². The van der Waals surface area contributed by atoms with Crippen LogP contribution in [-0.4, -0.2) is 35.6 Å². The van der Waals surface area contributed by atoms with E-state index in [4.69, 9.17) is 4.74 Å². The second-order valence-electron chi connectivity index (χ2n) is 7.33. The van der Waals surface area contributed by atoms with Gasteiger partial charge in [-0.1, -0.05) is 24.3 Å². The third-order valence-corrected chi connectivity index (χ3v) is 4.99. The molecule has 0 fully saturated rings. The normalized spacial score (nSPS) is 11.7. The lowest BCUT2D eigenvalue weighted by Gasteiger charge is -2.12. The molecule has 0 spiro atoms. The molecule has 0 unspecified atom stereocenters. The minimum absolute atomic E-state index is 0.0333. The average molecular weight is 481 g/mol. The van der Waals surface area contributed by atoms with E-state index < -0.39 is 23.3 Å². The summed E-state index contributed by atoms with van der Waals surface area (Å²) in [6, 6.07) is 17.5. The van der Waals surface area contributed by atoms with Crippen molar-refractivity contribution in [2.75, 3.05) is 13.7 Å². The summed E-state index contributed by atoms with van der Waals surface area (Å²) in [4.78, 5) is 28.8. The van der Waals surface area contributed by atoms with Crippen LogP contribution >= 0.6 is 0 Å². The van der Waals surface area contributed by atoms with Gasteiger partial charge >= 0.3 is 12.1 Å². The SMILES string of the molecule is COC(=O)COc1ccc(C=Nn2c(-c3cccc(C(F)(F)F)c3)nc3ccccc3c2=O)cc1. The molecule has 35 heavy (non-hydrogen) atoms. The largest absolute Gasteiger partial charge is 0.482 e. The van der Waals surface area contributed by atoms with Crippen LogP contribution in [0, 0.1) is 0 Å². The van der Waals surface area contributed by atoms with Crippen molar-refractivity contribution in [1.29, 1.82) is 0 Å². The number of esters is 1. The fourth-order valence-corrected chi connectivity index (χ4v) is 3.23. The number of rotatable bonds is 6. The number of para-hydroxylation sites is 1. The summed E-state index contributed by atoms with van der Waals surface area (Å²) in [5.41, 5.74) is -0.395. The van der Waals surface area contributed by atoms with Crippen molar-refractivity contribution in [3.05, 3.63) is 94.3 Å². The van der Waals surface area contributed by atoms with Crippen LogP contribution in [0.1, 0.15) is 11.1 Å². The second-order valence-corrected chi connectivity index (χ2v) is 7.33. The third-order valence-electron chi connectivity index (χ3n) is 4.99. The van der Waals surface area contributed by atoms with Crippen molar-refractivity contribution < 1.29 is 27.4 Å². The summed E-state index contributed by atoms with van der Waals surface area (Å²) in [6.07, 6.45) is -3.18. The van der Waals surface area contributed by atoms with E-state index in [1.807, 2.05) is 0 Å². The smallest absolute Gasteiger partial charge is 0.416 e. The average Bonchev–Trinajstić information content (AvgIpc) is 2.87. The first-order chi connectivity index (χ1) is 16.8. The molecule has 1 heterocycles. The van der Waals surface area contributed by atoms with E-state index >= 15 is 0 Å². The van der Waals surface area contributed by atoms with Crippen molar-refractivity contribution in [3.8, 4) is 17.1 Å². The van der Waals surface area contributed by atoms with E-state index in [-0.39, 0.29) is 23.4 Å². The Morgan fingerprint density at radius 1 is 1.06 bits per heavy atom. The Morgan fingerprint density at radius 2 is 1.80 bits per heavy atom. The quantitative estimate of drug-likeness (QED) is 0.299. The Balaban J connectivity index is 1.74. The molecular formula is C25H18F3N3O4. The molecule has 0 amide bonds. The molecule has 0 aliphatic carbocycles. The first-order valence-electron chi connectivity index (χ1n) is 10.3. The van der Waals surface area contributed by atoms with Gasteiger partial charge in [0.2, 0.25) is 0 Å². The van der Waals surface area contributed by atoms with E-state index in [0.717, 1.165) is 16.8 Å². The van der Waals surface area contributed by atoms with Crippen molar-refractivity contribution in [2.45, 2.75) is 6.18 Å². The van der Waals surface area contributed by atoms with Crippen LogP contribution in [0.2, 0.25) is 0 Å². The van der Waals surface area contributed by atoms with Crippen LogP contribution in [0.25, 0.3) is 22.3 Å². The van der Waals surface area contributed by atoms with E-state index in [2.05, 4.69) is 14.8 Å². The van der Waals surface area contributed by atoms with Gasteiger partial charge in [-0.05, 0) is 54.1 Å². The zero-order chi connectivity index (χ0) is 25.0. The molecule has 0 N–H and O–H groups in total. The number of ether oxygens (including phenoxy) is 2. The number of carbonyl (C=O) groups is 1. The van der Waals surface area contributed by atoms with Gasteiger partial charge in [-0.2, -0.15) is 22.9 Å². The van der Waals surface area contributed by atoms with Crippen LogP contribution in [0.4, 0.5) is 13.2 Å². The minimum Gasteiger partial charge on any atom is -0.482 e. The molecule has 3 aromatic carbocycles. The summed E-state index contributed by atoms with van der Waals surface area (Å²) in [7, 11) is 1.25. The molecule has 7 nitrogen and oxygen atoms in total. The first-order valence-corrected chi connectivity index (χ1v) is 10.3. The van der Waals surface area contributed by atoms with Crippen molar-refractivity contribution in [2.24, 2.45) is 5.10 Å². The molecule has 10 heteroatoms. The van der Waals surface area contributed by atoms with Crippen LogP contribution in [0.3, 0.4) is 0 Å². The second kappa shape index (κ2) is 9.80. The van der Waals surface area contributed by atoms with Crippen LogP contribution in [-0.2, 0) is 15.7 Å². The lowest BCUT2D eigenvalue weighted by Crippen LogP contribution is -2.20. The van der Waals surface area contributed by atoms with Crippen molar-refractivity contribution in [3.63, 3.8) is 0 Å². The zero-order valence-electron chi connectivity index (χ0n) is 18.3. The van der Waals surface area contributed by atoms with Gasteiger partial charge in [0.1, 0.15) is 5.75 Å². The van der Waals surface area contributed by atoms with Gasteiger partial charge in [0.05, 0.1) is 29.8 Å². The summed E-state index contributed by atoms with van der Waals surface area (Å²) < 4.78 is 50.6. The zero-order valence-corrected chi connectivity index (χ0v) is 18.3. The van der Waals surface area contributed by atoms with Crippen LogP contribution in [0.15, 0.2) is 82.7 Å². The van der Waals surface area contributed by atoms with E-state index in [1.165, 1.54) is 25.5 Å². The highest BCUT2D eigenvalue weighted by Crippen LogP contribution is 2.31. The predicted octanol–water partition coefficient (Wildman–Crippen LogP) is 4.52. The van der Waals surface area contributed by atoms with Gasteiger partial charge in [0, 0.05) is 5.56 Å². The summed E-state index contributed by atoms with van der Waals surface area (Å²) in [5.74, 6) is -0.142. The Bertz CT molecular complexity index is 1460. The highest BCUT2D eigenvalue weighted by molar-refractivity contribution is 5.82. The first kappa shape index (κ1) is 23.7. The van der Waals surface area contributed by atoms with Gasteiger partial charge in [-0.3, -0.25) is 4.79 Å². The lowest BCUT2D eigenvalue weighted by atomic mass is 10.1. The standard InChI is InChI=1S/C25H18F3N3O4/c1-34-22(32)15-35-19-11-9-16(10-12-19)14-29-31-23(17-5-4-6-18(13-17)25(26,27)28)30-21-8-3-2-7-20(21)24(31)33/h2-14H,15H2,1H3. The Morgan fingerprint density at radius 3 is 2.51 bits per heavy atom. The Hall–Kier alpha value is -4.47. The van der Waals surface area contributed by atoms with E-state index in [0.29, 0.717) is 16.8 Å². The predicted molar refractivity (Wildman–Crippen MR) is 123 cm³/mol. The summed E-state index contributed by atoms with van der Waals surface area (Å²) >= 11 is 0. The Labute approximate surface area is 197 Å². The van der Waals surface area contributed by atoms with Crippen molar-refractivity contribution >= 4 is 23.1 Å². The molecule has 0 bridgehead atoms. The number of alkyl halides is 3. The number of hydrogen-bond donors (Lipinski definition) is 0. The third kappa shape index (κ3) is 5.37. The number of hydrogen-bond acceptors (Lipinski definition) is 6. The fourth-order valence-electron chi connectivity index (χ4n) is 3.23. The van der Waals surface area contributed by atoms with Crippen LogP contribution < -0.4 is 10.3 Å². The highest BCUT2D eigenvalue weighted by atomic mass is 19.4. The van der Waals surface area contributed by atoms with Gasteiger partial charge in [-0.15, -0.1) is 0 Å². The van der Waals surface area contributed by atoms with E-state index in [1.54, 1.807) is 48.5 Å². The van der Waals surface area contributed by atoms with Gasteiger partial charge < -0.3 is 9.47 Å². The number of methoxy groups -OCH3 is 1. The summed E-state index contributed by atoms with van der Waals surface area (Å²) in [6.45, 7) is -0.248. The number of halogens is 3. The number of nitrogens with zero attached hydrogens (tertiary/aromatic N) is 3. The number of aromatic nitrogens is 2. The fraction of sp³-hybridized carbons (Fsp3) is 0.120. The molecule has 178 valence electrons. The number of fused-ring (bicyclic) bond motifs is 1. The van der Waals surface area contributed by atoms with Gasteiger partial charge in [0.15, 0.2) is 12.4 Å². The molecule has 1 aromatic heterocycles. The molecule has 4 rings (SSSR count). The molecule has 0 aliphatic rings. The molecule has 0 saturated carbocycles. The van der Waals surface area contributed by atoms with Gasteiger partial charge in [0.25, 0.3) is 5.56 Å². The molecule has 4 aromatic rings. The maximum atomic E-state index is 13.3. The van der Waals surface area contributed by atoms with E-state index in [9.17, 15) is 22.8 Å². The summed E-state index contributed by atoms with van der Waals surface area (Å²) in [5, 5.41) is 4.50. The van der Waals surface area contributed by atoms with Gasteiger partial charge in [-0.25, -0.2) is 9.78 Å². The number of benzene rings is 3. The highest BCUT2D eigenvalue weighted by Gasteiger charge is 2.30. The maximum Gasteiger partial charge on any atom is 0.416 e. The molecule has 0 aliphatic heterocycles. The lowest BCUT2D eigenvalue weighted by molar-refractivity contribution is -0.143. The topological polar surface area (TPSA) is 82.8 Å². The number of carbonyl (C=O) groups excluding carboxylic acids is 1. The molecule has 0 radical (unpaired) electrons. The maximum absolute atomic E-state index is 13.3. The molecular weight excluding hydrogens is 463 g/mol. The minimum atomic E-state index is -4.56. The molecule has 0 atom stereocenters.